The normalized spacial score (nSPS) is 26.2. The highest BCUT2D eigenvalue weighted by Crippen LogP contribution is 2.41. The van der Waals surface area contributed by atoms with Crippen molar-refractivity contribution in [1.29, 1.82) is 0 Å². The van der Waals surface area contributed by atoms with Crippen molar-refractivity contribution >= 4 is 22.9 Å². The van der Waals surface area contributed by atoms with Gasteiger partial charge in [0.2, 0.25) is 5.95 Å². The number of fused-ring (bicyclic) bond motifs is 3. The number of imidazole rings is 1. The summed E-state index contributed by atoms with van der Waals surface area (Å²) in [5.74, 6) is 2.50. The van der Waals surface area contributed by atoms with Crippen LogP contribution >= 0.6 is 0 Å². The number of hydrogen-bond acceptors (Lipinski definition) is 5. The highest BCUT2D eigenvalue weighted by atomic mass is 15.3. The average molecular weight is 244 g/mol. The van der Waals surface area contributed by atoms with Crippen molar-refractivity contribution in [3.05, 3.63) is 6.33 Å². The second kappa shape index (κ2) is 3.57. The Bertz CT molecular complexity index is 591. The van der Waals surface area contributed by atoms with Crippen LogP contribution in [0.15, 0.2) is 6.33 Å². The van der Waals surface area contributed by atoms with E-state index in [0.29, 0.717) is 12.0 Å². The number of H-pyrrole nitrogens is 1. The summed E-state index contributed by atoms with van der Waals surface area (Å²) in [7, 11) is 1.84. The summed E-state index contributed by atoms with van der Waals surface area (Å²) in [6.07, 6.45) is 5.67. The largest absolute Gasteiger partial charge is 0.357 e. The van der Waals surface area contributed by atoms with Gasteiger partial charge in [0.25, 0.3) is 0 Å². The molecule has 2 bridgehead atoms. The molecule has 2 atom stereocenters. The molecular weight excluding hydrogens is 228 g/mol. The number of aromatic nitrogens is 4. The molecular formula is C12H16N6. The molecule has 6 nitrogen and oxygen atoms in total. The van der Waals surface area contributed by atoms with E-state index in [0.717, 1.165) is 29.4 Å². The Morgan fingerprint density at radius 2 is 2.33 bits per heavy atom. The van der Waals surface area contributed by atoms with E-state index in [4.69, 9.17) is 0 Å². The van der Waals surface area contributed by atoms with Crippen molar-refractivity contribution < 1.29 is 0 Å². The molecule has 2 aromatic rings. The molecule has 1 saturated carbocycles. The third kappa shape index (κ3) is 1.31. The van der Waals surface area contributed by atoms with Gasteiger partial charge >= 0.3 is 0 Å². The molecule has 0 radical (unpaired) electrons. The van der Waals surface area contributed by atoms with E-state index in [1.165, 1.54) is 19.3 Å². The predicted molar refractivity (Wildman–Crippen MR) is 69.7 cm³/mol. The zero-order valence-corrected chi connectivity index (χ0v) is 10.3. The van der Waals surface area contributed by atoms with Gasteiger partial charge in [-0.25, -0.2) is 4.98 Å². The van der Waals surface area contributed by atoms with Gasteiger partial charge in [0, 0.05) is 19.6 Å². The maximum absolute atomic E-state index is 4.62. The number of hydrogen-bond donors (Lipinski definition) is 2. The zero-order valence-electron chi connectivity index (χ0n) is 10.3. The first-order chi connectivity index (χ1) is 8.85. The zero-order chi connectivity index (χ0) is 12.1. The van der Waals surface area contributed by atoms with Gasteiger partial charge < -0.3 is 15.2 Å². The van der Waals surface area contributed by atoms with E-state index < -0.39 is 0 Å². The smallest absolute Gasteiger partial charge is 0.226 e. The Morgan fingerprint density at radius 1 is 1.39 bits per heavy atom. The minimum absolute atomic E-state index is 0.646. The second-order valence-electron chi connectivity index (χ2n) is 5.21. The van der Waals surface area contributed by atoms with E-state index in [-0.39, 0.29) is 0 Å². The molecule has 6 heteroatoms. The molecule has 1 saturated heterocycles. The van der Waals surface area contributed by atoms with Crippen LogP contribution in [0.2, 0.25) is 0 Å². The highest BCUT2D eigenvalue weighted by Gasteiger charge is 2.39. The molecule has 3 heterocycles. The van der Waals surface area contributed by atoms with Crippen LogP contribution in [0.1, 0.15) is 19.3 Å². The third-order valence-electron chi connectivity index (χ3n) is 4.17. The van der Waals surface area contributed by atoms with E-state index >= 15 is 0 Å². The Kier molecular flexibility index (Phi) is 2.00. The molecule has 1 aliphatic heterocycles. The number of aromatic amines is 1. The Balaban J connectivity index is 1.85. The number of nitrogens with zero attached hydrogens (tertiary/aromatic N) is 4. The van der Waals surface area contributed by atoms with Gasteiger partial charge in [-0.05, 0) is 25.2 Å². The van der Waals surface area contributed by atoms with E-state index in [9.17, 15) is 0 Å². The van der Waals surface area contributed by atoms with Gasteiger partial charge in [-0.3, -0.25) is 0 Å². The van der Waals surface area contributed by atoms with Gasteiger partial charge in [0.05, 0.1) is 6.33 Å². The lowest BCUT2D eigenvalue weighted by Crippen LogP contribution is -2.33. The van der Waals surface area contributed by atoms with Crippen LogP contribution < -0.4 is 10.2 Å². The topological polar surface area (TPSA) is 69.7 Å². The quantitative estimate of drug-likeness (QED) is 0.835. The maximum atomic E-state index is 4.62. The summed E-state index contributed by atoms with van der Waals surface area (Å²) < 4.78 is 0. The maximum Gasteiger partial charge on any atom is 0.226 e. The monoisotopic (exact) mass is 244 g/mol. The van der Waals surface area contributed by atoms with Crippen molar-refractivity contribution in [3.8, 4) is 0 Å². The molecule has 2 N–H and O–H groups in total. The van der Waals surface area contributed by atoms with Crippen LogP contribution in [-0.4, -0.2) is 39.6 Å². The van der Waals surface area contributed by atoms with Crippen LogP contribution in [0.4, 0.5) is 11.8 Å². The fourth-order valence-corrected chi connectivity index (χ4v) is 3.32. The first-order valence-electron chi connectivity index (χ1n) is 6.50. The second-order valence-corrected chi connectivity index (χ2v) is 5.21. The molecule has 0 spiro atoms. The Hall–Kier alpha value is -1.85. The van der Waals surface area contributed by atoms with Crippen molar-refractivity contribution in [2.24, 2.45) is 5.92 Å². The fraction of sp³-hybridized carbons (Fsp3) is 0.583. The van der Waals surface area contributed by atoms with Gasteiger partial charge in [0.1, 0.15) is 5.52 Å². The summed E-state index contributed by atoms with van der Waals surface area (Å²) in [5, 5.41) is 3.01. The number of anilines is 2. The van der Waals surface area contributed by atoms with Gasteiger partial charge in [-0.1, -0.05) is 0 Å². The Labute approximate surface area is 105 Å². The van der Waals surface area contributed by atoms with Crippen molar-refractivity contribution in [3.63, 3.8) is 0 Å². The Morgan fingerprint density at radius 3 is 3.06 bits per heavy atom. The summed E-state index contributed by atoms with van der Waals surface area (Å²) >= 11 is 0. The highest BCUT2D eigenvalue weighted by molar-refractivity contribution is 5.84. The lowest BCUT2D eigenvalue weighted by atomic mass is 10.1. The number of nitrogens with one attached hydrogen (secondary N) is 2. The van der Waals surface area contributed by atoms with Gasteiger partial charge in [-0.2, -0.15) is 9.97 Å². The summed E-state index contributed by atoms with van der Waals surface area (Å²) in [4.78, 5) is 18.8. The SMILES string of the molecule is CNc1nc(N2CC3CCC2C3)c2[nH]cnc2n1. The predicted octanol–water partition coefficient (Wildman–Crippen LogP) is 1.38. The molecule has 2 aliphatic rings. The molecule has 0 amide bonds. The summed E-state index contributed by atoms with van der Waals surface area (Å²) in [6, 6.07) is 0.654. The molecule has 2 fully saturated rings. The van der Waals surface area contributed by atoms with E-state index in [2.05, 4.69) is 30.2 Å². The minimum Gasteiger partial charge on any atom is -0.357 e. The molecule has 94 valence electrons. The van der Waals surface area contributed by atoms with Crippen LogP contribution in [0, 0.1) is 5.92 Å². The van der Waals surface area contributed by atoms with E-state index in [1.54, 1.807) is 6.33 Å². The molecule has 4 rings (SSSR count). The van der Waals surface area contributed by atoms with Crippen molar-refractivity contribution in [1.82, 2.24) is 19.9 Å². The summed E-state index contributed by atoms with van der Waals surface area (Å²) in [5.41, 5.74) is 1.70. The first-order valence-corrected chi connectivity index (χ1v) is 6.50. The summed E-state index contributed by atoms with van der Waals surface area (Å²) in [6.45, 7) is 1.12. The molecule has 0 aromatic carbocycles. The average Bonchev–Trinajstić information content (AvgIpc) is 3.12. The third-order valence-corrected chi connectivity index (χ3v) is 4.17. The van der Waals surface area contributed by atoms with Gasteiger partial charge in [0.15, 0.2) is 11.5 Å². The van der Waals surface area contributed by atoms with Crippen molar-refractivity contribution in [2.45, 2.75) is 25.3 Å². The van der Waals surface area contributed by atoms with Crippen LogP contribution in [0.5, 0.6) is 0 Å². The lowest BCUT2D eigenvalue weighted by molar-refractivity contribution is 0.551. The first kappa shape index (κ1) is 10.1. The lowest BCUT2D eigenvalue weighted by Gasteiger charge is -2.28. The van der Waals surface area contributed by atoms with E-state index in [1.807, 2.05) is 7.05 Å². The molecule has 2 aromatic heterocycles. The standard InChI is InChI=1S/C12H16N6/c1-13-12-16-10-9(14-6-15-10)11(17-12)18-5-7-2-3-8(18)4-7/h6-8H,2-5H2,1H3,(H2,13,14,15,16,17). The molecule has 1 aliphatic carbocycles. The number of rotatable bonds is 2. The van der Waals surface area contributed by atoms with Crippen molar-refractivity contribution in [2.75, 3.05) is 23.8 Å². The van der Waals surface area contributed by atoms with Gasteiger partial charge in [-0.15, -0.1) is 0 Å². The number of piperidine rings is 1. The minimum atomic E-state index is 0.646. The molecule has 18 heavy (non-hydrogen) atoms. The van der Waals surface area contributed by atoms with Crippen LogP contribution in [0.25, 0.3) is 11.2 Å². The fourth-order valence-electron chi connectivity index (χ4n) is 3.32. The van der Waals surface area contributed by atoms with Crippen LogP contribution in [0.3, 0.4) is 0 Å². The van der Waals surface area contributed by atoms with Crippen LogP contribution in [-0.2, 0) is 0 Å². The molecule has 2 unspecified atom stereocenters.